The van der Waals surface area contributed by atoms with E-state index in [9.17, 15) is 19.2 Å². The second kappa shape index (κ2) is 9.51. The maximum atomic E-state index is 13.3. The number of imide groups is 2. The number of carbonyl (C=O) groups excluding carboxylic acids is 4. The Morgan fingerprint density at radius 1 is 1.08 bits per heavy atom. The number of thiophene rings is 1. The average Bonchev–Trinajstić information content (AvgIpc) is 3.26. The predicted molar refractivity (Wildman–Crippen MR) is 142 cm³/mol. The Morgan fingerprint density at radius 2 is 1.78 bits per heavy atom. The molecule has 0 saturated carbocycles. The van der Waals surface area contributed by atoms with Crippen LogP contribution in [0.1, 0.15) is 43.3 Å². The summed E-state index contributed by atoms with van der Waals surface area (Å²) in [4.78, 5) is 53.1. The number of halogens is 1. The summed E-state index contributed by atoms with van der Waals surface area (Å²) >= 11 is 4.88. The summed E-state index contributed by atoms with van der Waals surface area (Å²) in [5.41, 5.74) is 4.51. The van der Waals surface area contributed by atoms with Gasteiger partial charge in [0, 0.05) is 20.7 Å². The molecule has 0 atom stereocenters. The van der Waals surface area contributed by atoms with Crippen molar-refractivity contribution in [1.82, 2.24) is 9.88 Å². The highest BCUT2D eigenvalue weighted by Gasteiger charge is 2.37. The number of aromatic nitrogens is 1. The Balaban J connectivity index is 1.81. The zero-order valence-corrected chi connectivity index (χ0v) is 23.0. The van der Waals surface area contributed by atoms with Gasteiger partial charge < -0.3 is 9.30 Å². The molecule has 3 aromatic rings. The van der Waals surface area contributed by atoms with Gasteiger partial charge in [-0.2, -0.15) is 0 Å². The summed E-state index contributed by atoms with van der Waals surface area (Å²) in [6.07, 6.45) is 1.48. The molecule has 2 aromatic heterocycles. The molecule has 0 bridgehead atoms. The van der Waals surface area contributed by atoms with Gasteiger partial charge in [-0.15, -0.1) is 11.3 Å². The molecule has 3 heterocycles. The van der Waals surface area contributed by atoms with Crippen molar-refractivity contribution in [3.05, 3.63) is 72.8 Å². The van der Waals surface area contributed by atoms with Gasteiger partial charge in [-0.3, -0.25) is 14.9 Å². The first-order valence-electron chi connectivity index (χ1n) is 11.0. The lowest BCUT2D eigenvalue weighted by Gasteiger charge is -2.26. The second-order valence-corrected chi connectivity index (χ2v) is 10.6. The van der Waals surface area contributed by atoms with Gasteiger partial charge in [-0.25, -0.2) is 14.5 Å². The normalized spacial score (nSPS) is 15.0. The van der Waals surface area contributed by atoms with Crippen LogP contribution in [0.3, 0.4) is 0 Å². The molecule has 0 radical (unpaired) electrons. The van der Waals surface area contributed by atoms with E-state index in [-0.39, 0.29) is 5.57 Å². The fourth-order valence-corrected chi connectivity index (χ4v) is 5.67. The van der Waals surface area contributed by atoms with Crippen LogP contribution < -0.4 is 10.2 Å². The SMILES string of the molecule is COC(=O)c1c(-n2c(C)cc(/C=C3\C(=O)NC(=O)N(c4ccc(Br)c(C)c4)C3=O)c2C)sc(C)c1C. The molecule has 186 valence electrons. The molecule has 0 aliphatic carbocycles. The molecule has 10 heteroatoms. The molecule has 36 heavy (non-hydrogen) atoms. The number of barbiturate groups is 1. The Bertz CT molecular complexity index is 1500. The van der Waals surface area contributed by atoms with E-state index >= 15 is 0 Å². The Labute approximate surface area is 220 Å². The Kier molecular flexibility index (Phi) is 6.76. The van der Waals surface area contributed by atoms with Crippen LogP contribution in [0.25, 0.3) is 11.1 Å². The van der Waals surface area contributed by atoms with Crippen LogP contribution in [0, 0.1) is 34.6 Å². The topological polar surface area (TPSA) is 97.7 Å². The van der Waals surface area contributed by atoms with E-state index in [4.69, 9.17) is 4.74 Å². The lowest BCUT2D eigenvalue weighted by atomic mass is 10.1. The van der Waals surface area contributed by atoms with Crippen molar-refractivity contribution in [3.8, 4) is 5.00 Å². The highest BCUT2D eigenvalue weighted by Crippen LogP contribution is 2.35. The van der Waals surface area contributed by atoms with E-state index in [0.29, 0.717) is 21.8 Å². The summed E-state index contributed by atoms with van der Waals surface area (Å²) in [7, 11) is 1.34. The van der Waals surface area contributed by atoms with Crippen LogP contribution in [0.4, 0.5) is 10.5 Å². The van der Waals surface area contributed by atoms with Crippen molar-refractivity contribution in [3.63, 3.8) is 0 Å². The maximum Gasteiger partial charge on any atom is 0.341 e. The van der Waals surface area contributed by atoms with Gasteiger partial charge in [-0.05, 0) is 81.7 Å². The predicted octanol–water partition coefficient (Wildman–Crippen LogP) is 5.30. The largest absolute Gasteiger partial charge is 0.465 e. The van der Waals surface area contributed by atoms with Gasteiger partial charge in [0.2, 0.25) is 0 Å². The highest BCUT2D eigenvalue weighted by molar-refractivity contribution is 9.10. The summed E-state index contributed by atoms with van der Waals surface area (Å²) in [5.74, 6) is -1.91. The Hall–Kier alpha value is -3.50. The van der Waals surface area contributed by atoms with Crippen LogP contribution in [-0.4, -0.2) is 35.5 Å². The number of hydrogen-bond donors (Lipinski definition) is 1. The molecule has 1 N–H and O–H groups in total. The number of benzene rings is 1. The molecule has 1 aliphatic heterocycles. The van der Waals surface area contributed by atoms with Crippen LogP contribution in [0.2, 0.25) is 0 Å². The molecule has 1 aliphatic rings. The average molecular weight is 570 g/mol. The van der Waals surface area contributed by atoms with Crippen LogP contribution in [-0.2, 0) is 14.3 Å². The van der Waals surface area contributed by atoms with Gasteiger partial charge in [0.05, 0.1) is 18.4 Å². The molecule has 0 unspecified atom stereocenters. The number of hydrogen-bond acceptors (Lipinski definition) is 6. The fraction of sp³-hybridized carbons (Fsp3) is 0.231. The third kappa shape index (κ3) is 4.20. The second-order valence-electron chi connectivity index (χ2n) is 8.51. The minimum absolute atomic E-state index is 0.165. The molecule has 0 spiro atoms. The maximum absolute atomic E-state index is 13.3. The summed E-state index contributed by atoms with van der Waals surface area (Å²) in [6, 6.07) is 6.09. The number of nitrogens with one attached hydrogen (secondary N) is 1. The van der Waals surface area contributed by atoms with Crippen molar-refractivity contribution in [1.29, 1.82) is 0 Å². The highest BCUT2D eigenvalue weighted by atomic mass is 79.9. The van der Waals surface area contributed by atoms with Crippen LogP contribution in [0.15, 0.2) is 34.3 Å². The zero-order valence-electron chi connectivity index (χ0n) is 20.6. The van der Waals surface area contributed by atoms with Crippen molar-refractivity contribution in [2.75, 3.05) is 12.0 Å². The number of methoxy groups -OCH3 is 1. The minimum Gasteiger partial charge on any atom is -0.465 e. The molecule has 8 nitrogen and oxygen atoms in total. The van der Waals surface area contributed by atoms with Crippen molar-refractivity contribution >= 4 is 62.8 Å². The first-order chi connectivity index (χ1) is 17.0. The van der Waals surface area contributed by atoms with Gasteiger partial charge in [0.1, 0.15) is 10.6 Å². The number of esters is 1. The van der Waals surface area contributed by atoms with Gasteiger partial charge >= 0.3 is 12.0 Å². The third-order valence-electron chi connectivity index (χ3n) is 6.23. The standard InChI is InChI=1S/C26H24BrN3O5S/c1-12-9-18(7-8-20(12)27)30-23(32)19(22(31)28-26(30)34)11-17-10-13(2)29(15(17)4)24-21(25(33)35-6)14(3)16(5)36-24/h7-11H,1-6H3,(H,28,31,34)/b19-11+. The molecule has 1 aromatic carbocycles. The van der Waals surface area contributed by atoms with E-state index in [1.165, 1.54) is 24.5 Å². The summed E-state index contributed by atoms with van der Waals surface area (Å²) in [6.45, 7) is 9.38. The number of rotatable bonds is 4. The van der Waals surface area contributed by atoms with Gasteiger partial charge in [0.25, 0.3) is 11.8 Å². The van der Waals surface area contributed by atoms with Crippen molar-refractivity contribution < 1.29 is 23.9 Å². The summed E-state index contributed by atoms with van der Waals surface area (Å²) in [5, 5.41) is 2.97. The lowest BCUT2D eigenvalue weighted by molar-refractivity contribution is -0.122. The van der Waals surface area contributed by atoms with Crippen LogP contribution >= 0.6 is 27.3 Å². The van der Waals surface area contributed by atoms with E-state index in [1.54, 1.807) is 18.2 Å². The van der Waals surface area contributed by atoms with E-state index < -0.39 is 23.8 Å². The number of aryl methyl sites for hydroxylation is 3. The molecule has 4 amide bonds. The zero-order chi connectivity index (χ0) is 26.5. The number of ether oxygens (including phenoxy) is 1. The van der Waals surface area contributed by atoms with Crippen LogP contribution in [0.5, 0.6) is 0 Å². The van der Waals surface area contributed by atoms with Gasteiger partial charge in [-0.1, -0.05) is 15.9 Å². The Morgan fingerprint density at radius 3 is 2.42 bits per heavy atom. The number of anilines is 1. The lowest BCUT2D eigenvalue weighted by Crippen LogP contribution is -2.54. The van der Waals surface area contributed by atoms with Crippen molar-refractivity contribution in [2.45, 2.75) is 34.6 Å². The first kappa shape index (κ1) is 25.6. The molecular formula is C26H24BrN3O5S. The fourth-order valence-electron chi connectivity index (χ4n) is 4.17. The minimum atomic E-state index is -0.804. The first-order valence-corrected chi connectivity index (χ1v) is 12.6. The van der Waals surface area contributed by atoms with E-state index in [0.717, 1.165) is 36.8 Å². The monoisotopic (exact) mass is 569 g/mol. The quantitative estimate of drug-likeness (QED) is 0.261. The third-order valence-corrected chi connectivity index (χ3v) is 8.31. The number of amides is 4. The number of nitrogens with zero attached hydrogens (tertiary/aromatic N) is 2. The summed E-state index contributed by atoms with van der Waals surface area (Å²) < 4.78 is 7.76. The van der Waals surface area contributed by atoms with Crippen molar-refractivity contribution in [2.24, 2.45) is 0 Å². The smallest absolute Gasteiger partial charge is 0.341 e. The number of carbonyl (C=O) groups is 4. The van der Waals surface area contributed by atoms with Gasteiger partial charge in [0.15, 0.2) is 0 Å². The van der Waals surface area contributed by atoms with E-state index in [1.807, 2.05) is 45.3 Å². The molecular weight excluding hydrogens is 546 g/mol. The molecule has 4 rings (SSSR count). The molecule has 1 saturated heterocycles. The molecule has 1 fully saturated rings. The van der Waals surface area contributed by atoms with E-state index in [2.05, 4.69) is 21.2 Å². The number of urea groups is 1.